The number of nitrogens with zero attached hydrogens (tertiary/aromatic N) is 5. The van der Waals surface area contributed by atoms with Gasteiger partial charge in [-0.2, -0.15) is 0 Å². The van der Waals surface area contributed by atoms with Crippen molar-refractivity contribution in [3.8, 4) is 0 Å². The van der Waals surface area contributed by atoms with E-state index in [9.17, 15) is 9.59 Å². The van der Waals surface area contributed by atoms with Gasteiger partial charge in [0, 0.05) is 43.2 Å². The average molecular weight is 482 g/mol. The third kappa shape index (κ3) is 5.20. The number of aliphatic carboxylic acids is 1. The van der Waals surface area contributed by atoms with Gasteiger partial charge >= 0.3 is 5.97 Å². The Kier molecular flexibility index (Phi) is 7.13. The summed E-state index contributed by atoms with van der Waals surface area (Å²) in [4.78, 5) is 38.3. The van der Waals surface area contributed by atoms with Crippen molar-refractivity contribution in [2.45, 2.75) is 45.1 Å². The van der Waals surface area contributed by atoms with Gasteiger partial charge in [-0.05, 0) is 56.6 Å². The quantitative estimate of drug-likeness (QED) is 0.494. The highest BCUT2D eigenvalue weighted by Crippen LogP contribution is 2.25. The lowest BCUT2D eigenvalue weighted by atomic mass is 10.1. The number of anilines is 1. The zero-order chi connectivity index (χ0) is 24.4. The molecule has 1 aliphatic rings. The molecule has 0 radical (unpaired) electrons. The van der Waals surface area contributed by atoms with E-state index in [0.29, 0.717) is 29.0 Å². The molecule has 1 aliphatic heterocycles. The summed E-state index contributed by atoms with van der Waals surface area (Å²) in [5.74, 6) is -0.131. The van der Waals surface area contributed by atoms with Crippen molar-refractivity contribution in [2.75, 3.05) is 32.1 Å². The Bertz CT molecular complexity index is 1280. The summed E-state index contributed by atoms with van der Waals surface area (Å²) in [6.07, 6.45) is 6.70. The van der Waals surface area contributed by atoms with Gasteiger partial charge in [0.15, 0.2) is 0 Å². The Morgan fingerprint density at radius 3 is 2.76 bits per heavy atom. The van der Waals surface area contributed by atoms with Crippen LogP contribution in [0.5, 0.6) is 0 Å². The van der Waals surface area contributed by atoms with Crippen molar-refractivity contribution >= 4 is 34.8 Å². The number of thiazole rings is 1. The van der Waals surface area contributed by atoms with E-state index in [1.54, 1.807) is 17.5 Å². The van der Waals surface area contributed by atoms with Crippen molar-refractivity contribution in [2.24, 2.45) is 0 Å². The van der Waals surface area contributed by atoms with E-state index < -0.39 is 5.97 Å². The highest BCUT2D eigenvalue weighted by atomic mass is 32.1. The van der Waals surface area contributed by atoms with Gasteiger partial charge in [-0.1, -0.05) is 13.8 Å². The Morgan fingerprint density at radius 1 is 1.32 bits per heavy atom. The van der Waals surface area contributed by atoms with Crippen molar-refractivity contribution in [1.29, 1.82) is 0 Å². The molecule has 1 fully saturated rings. The van der Waals surface area contributed by atoms with Crippen LogP contribution in [-0.2, 0) is 17.6 Å². The van der Waals surface area contributed by atoms with Crippen LogP contribution in [0.25, 0.3) is 11.7 Å². The molecule has 3 aromatic rings. The van der Waals surface area contributed by atoms with Crippen LogP contribution < -0.4 is 10.5 Å². The lowest BCUT2D eigenvalue weighted by Gasteiger charge is -2.22. The molecule has 180 valence electrons. The fraction of sp³-hybridized carbons (Fsp3) is 0.440. The summed E-state index contributed by atoms with van der Waals surface area (Å²) < 4.78 is 1.49. The number of carboxylic acid groups (broad SMARTS) is 1. The second-order valence-electron chi connectivity index (χ2n) is 9.26. The fourth-order valence-corrected chi connectivity index (χ4v) is 5.15. The Balaban J connectivity index is 1.67. The molecule has 0 saturated carbocycles. The molecule has 1 saturated heterocycles. The van der Waals surface area contributed by atoms with Gasteiger partial charge in [0.25, 0.3) is 5.56 Å². The van der Waals surface area contributed by atoms with Crippen LogP contribution in [0, 0.1) is 0 Å². The minimum Gasteiger partial charge on any atom is -0.478 e. The SMILES string of the molecule is CC(C)c1csc(CCc2ccn3c(=O)c(/C=C/C(=O)O)c(N4CC[C@@H](N(C)C)C4)nc3c2)n1. The molecule has 0 spiro atoms. The summed E-state index contributed by atoms with van der Waals surface area (Å²) in [5.41, 5.74) is 2.82. The fourth-order valence-electron chi connectivity index (χ4n) is 4.19. The summed E-state index contributed by atoms with van der Waals surface area (Å²) in [6.45, 7) is 5.79. The number of fused-ring (bicyclic) bond motifs is 1. The normalized spacial score (nSPS) is 16.5. The average Bonchev–Trinajstić information content (AvgIpc) is 3.47. The van der Waals surface area contributed by atoms with Gasteiger partial charge < -0.3 is 14.9 Å². The Hall–Kier alpha value is -3.04. The maximum atomic E-state index is 13.3. The van der Waals surface area contributed by atoms with E-state index in [4.69, 9.17) is 15.1 Å². The molecule has 0 aliphatic carbocycles. The second-order valence-corrected chi connectivity index (χ2v) is 10.2. The molecule has 0 bridgehead atoms. The first kappa shape index (κ1) is 24.1. The van der Waals surface area contributed by atoms with Crippen LogP contribution in [0.1, 0.15) is 48.0 Å². The molecule has 0 unspecified atom stereocenters. The third-order valence-corrected chi connectivity index (χ3v) is 7.21. The zero-order valence-corrected chi connectivity index (χ0v) is 20.9. The predicted molar refractivity (Wildman–Crippen MR) is 136 cm³/mol. The number of hydrogen-bond donors (Lipinski definition) is 1. The largest absolute Gasteiger partial charge is 0.478 e. The molecule has 0 amide bonds. The minimum absolute atomic E-state index is 0.265. The first-order valence-corrected chi connectivity index (χ1v) is 12.4. The van der Waals surface area contributed by atoms with Gasteiger partial charge in [-0.15, -0.1) is 11.3 Å². The molecule has 1 N–H and O–H groups in total. The molecule has 4 rings (SSSR count). The minimum atomic E-state index is -1.10. The number of aryl methyl sites for hydroxylation is 2. The Morgan fingerprint density at radius 2 is 2.12 bits per heavy atom. The standard InChI is InChI=1S/C25H31N5O3S/c1-16(2)20-15-34-22(26-20)7-5-17-9-12-30-21(13-17)27-24(19(25(30)33)6-8-23(31)32)29-11-10-18(14-29)28(3)4/h6,8-9,12-13,15-16,18H,5,7,10-11,14H2,1-4H3,(H,31,32)/b8-6+/t18-/m1/s1. The zero-order valence-electron chi connectivity index (χ0n) is 20.1. The summed E-state index contributed by atoms with van der Waals surface area (Å²) in [7, 11) is 4.09. The third-order valence-electron chi connectivity index (χ3n) is 6.28. The van der Waals surface area contributed by atoms with Gasteiger partial charge in [-0.3, -0.25) is 9.20 Å². The number of pyridine rings is 1. The molecule has 4 heterocycles. The molecular weight excluding hydrogens is 450 g/mol. The molecule has 3 aromatic heterocycles. The molecular formula is C25H31N5O3S. The monoisotopic (exact) mass is 481 g/mol. The first-order valence-electron chi connectivity index (χ1n) is 11.5. The van der Waals surface area contributed by atoms with E-state index in [1.807, 2.05) is 26.2 Å². The first-order chi connectivity index (χ1) is 16.2. The van der Waals surface area contributed by atoms with Crippen molar-refractivity contribution in [1.82, 2.24) is 19.3 Å². The number of aromatic nitrogens is 3. The molecule has 34 heavy (non-hydrogen) atoms. The topological polar surface area (TPSA) is 91.0 Å². The molecule has 0 aromatic carbocycles. The lowest BCUT2D eigenvalue weighted by Crippen LogP contribution is -2.33. The highest BCUT2D eigenvalue weighted by molar-refractivity contribution is 7.09. The summed E-state index contributed by atoms with van der Waals surface area (Å²) in [5, 5.41) is 12.4. The van der Waals surface area contributed by atoms with Crippen molar-refractivity contribution in [3.63, 3.8) is 0 Å². The Labute approximate surface area is 203 Å². The molecule has 9 heteroatoms. The second kappa shape index (κ2) is 10.1. The summed E-state index contributed by atoms with van der Waals surface area (Å²) in [6, 6.07) is 4.23. The van der Waals surface area contributed by atoms with E-state index in [0.717, 1.165) is 54.7 Å². The number of rotatable bonds is 8. The number of likely N-dealkylation sites (N-methyl/N-ethyl adjacent to an activating group) is 1. The van der Waals surface area contributed by atoms with E-state index in [2.05, 4.69) is 29.0 Å². The van der Waals surface area contributed by atoms with Crippen LogP contribution in [-0.4, -0.2) is 63.6 Å². The van der Waals surface area contributed by atoms with E-state index >= 15 is 0 Å². The van der Waals surface area contributed by atoms with Crippen LogP contribution >= 0.6 is 11.3 Å². The van der Waals surface area contributed by atoms with Crippen LogP contribution in [0.3, 0.4) is 0 Å². The maximum absolute atomic E-state index is 13.3. The molecule has 1 atom stereocenters. The number of hydrogen-bond acceptors (Lipinski definition) is 7. The predicted octanol–water partition coefficient (Wildman–Crippen LogP) is 3.30. The van der Waals surface area contributed by atoms with Crippen LogP contribution in [0.4, 0.5) is 5.82 Å². The van der Waals surface area contributed by atoms with Gasteiger partial charge in [-0.25, -0.2) is 14.8 Å². The number of carboxylic acids is 1. The van der Waals surface area contributed by atoms with Crippen LogP contribution in [0.2, 0.25) is 0 Å². The van der Waals surface area contributed by atoms with Gasteiger partial charge in [0.1, 0.15) is 11.5 Å². The van der Waals surface area contributed by atoms with Gasteiger partial charge in [0.2, 0.25) is 0 Å². The number of carbonyl (C=O) groups is 1. The summed E-state index contributed by atoms with van der Waals surface area (Å²) >= 11 is 1.69. The van der Waals surface area contributed by atoms with Crippen molar-refractivity contribution in [3.05, 3.63) is 62.0 Å². The molecule has 8 nitrogen and oxygen atoms in total. The van der Waals surface area contributed by atoms with E-state index in [1.165, 1.54) is 10.5 Å². The maximum Gasteiger partial charge on any atom is 0.328 e. The van der Waals surface area contributed by atoms with Crippen molar-refractivity contribution < 1.29 is 9.90 Å². The lowest BCUT2D eigenvalue weighted by molar-refractivity contribution is -0.131. The highest BCUT2D eigenvalue weighted by Gasteiger charge is 2.27. The van der Waals surface area contributed by atoms with E-state index in [-0.39, 0.29) is 5.56 Å². The van der Waals surface area contributed by atoms with Crippen LogP contribution in [0.15, 0.2) is 34.6 Å². The smallest absolute Gasteiger partial charge is 0.328 e. The van der Waals surface area contributed by atoms with Gasteiger partial charge in [0.05, 0.1) is 16.3 Å².